The summed E-state index contributed by atoms with van der Waals surface area (Å²) < 4.78 is 0. The van der Waals surface area contributed by atoms with Crippen LogP contribution >= 0.6 is 32.9 Å². The van der Waals surface area contributed by atoms with Gasteiger partial charge in [-0.1, -0.05) is 15.9 Å². The standard InChI is InChI=1S/C3H6BrNO.BrH/c4-2-1-3(5)6;/h1-2H2,(H2,5,6);1H. The molecule has 0 aliphatic carbocycles. The Hall–Kier alpha value is 0.430. The third kappa shape index (κ3) is 10.7. The lowest BCUT2D eigenvalue weighted by atomic mass is 10.5. The van der Waals surface area contributed by atoms with Crippen LogP contribution in [0.15, 0.2) is 0 Å². The highest BCUT2D eigenvalue weighted by atomic mass is 79.9. The second kappa shape index (κ2) is 6.43. The van der Waals surface area contributed by atoms with E-state index in [4.69, 9.17) is 5.73 Å². The van der Waals surface area contributed by atoms with Gasteiger partial charge in [0.25, 0.3) is 0 Å². The van der Waals surface area contributed by atoms with Gasteiger partial charge in [-0.05, 0) is 0 Å². The predicted molar refractivity (Wildman–Crippen MR) is 37.9 cm³/mol. The molecule has 0 spiro atoms. The molecule has 0 rings (SSSR count). The van der Waals surface area contributed by atoms with E-state index in [1.807, 2.05) is 0 Å². The Balaban J connectivity index is 0. The van der Waals surface area contributed by atoms with E-state index in [-0.39, 0.29) is 22.9 Å². The molecule has 0 aliphatic heterocycles. The van der Waals surface area contributed by atoms with Crippen molar-refractivity contribution >= 4 is 38.8 Å². The smallest absolute Gasteiger partial charge is 0.218 e. The minimum Gasteiger partial charge on any atom is -0.370 e. The molecule has 0 saturated heterocycles. The number of carbonyl (C=O) groups excluding carboxylic acids is 1. The third-order valence-electron chi connectivity index (χ3n) is 0.341. The summed E-state index contributed by atoms with van der Waals surface area (Å²) in [4.78, 5) is 9.79. The Morgan fingerprint density at radius 2 is 2.14 bits per heavy atom. The van der Waals surface area contributed by atoms with Gasteiger partial charge in [-0.2, -0.15) is 0 Å². The zero-order valence-corrected chi connectivity index (χ0v) is 6.99. The largest absolute Gasteiger partial charge is 0.370 e. The fourth-order valence-corrected chi connectivity index (χ4v) is 0.484. The van der Waals surface area contributed by atoms with E-state index in [2.05, 4.69) is 15.9 Å². The number of hydrogen-bond acceptors (Lipinski definition) is 1. The van der Waals surface area contributed by atoms with Gasteiger partial charge in [-0.15, -0.1) is 17.0 Å². The number of alkyl halides is 1. The Morgan fingerprint density at radius 3 is 2.14 bits per heavy atom. The second-order valence-electron chi connectivity index (χ2n) is 0.905. The van der Waals surface area contributed by atoms with E-state index in [9.17, 15) is 4.79 Å². The fourth-order valence-electron chi connectivity index (χ4n) is 0.0931. The normalized spacial score (nSPS) is 7.00. The van der Waals surface area contributed by atoms with Gasteiger partial charge in [0.2, 0.25) is 5.91 Å². The van der Waals surface area contributed by atoms with Crippen LogP contribution in [0.3, 0.4) is 0 Å². The summed E-state index contributed by atoms with van der Waals surface area (Å²) in [5.41, 5.74) is 4.73. The number of nitrogens with two attached hydrogens (primary N) is 1. The summed E-state index contributed by atoms with van der Waals surface area (Å²) >= 11 is 3.05. The highest BCUT2D eigenvalue weighted by Crippen LogP contribution is 1.82. The molecule has 0 unspecified atom stereocenters. The molecule has 0 heterocycles. The quantitative estimate of drug-likeness (QED) is 0.705. The Labute approximate surface area is 61.4 Å². The van der Waals surface area contributed by atoms with Crippen LogP contribution in [0.2, 0.25) is 0 Å². The van der Waals surface area contributed by atoms with Gasteiger partial charge in [0.15, 0.2) is 0 Å². The van der Waals surface area contributed by atoms with Crippen molar-refractivity contribution < 1.29 is 4.79 Å². The molecular weight excluding hydrogens is 226 g/mol. The highest BCUT2D eigenvalue weighted by Gasteiger charge is 1.85. The molecule has 2 N–H and O–H groups in total. The lowest BCUT2D eigenvalue weighted by molar-refractivity contribution is -0.117. The van der Waals surface area contributed by atoms with Gasteiger partial charge < -0.3 is 5.73 Å². The minimum atomic E-state index is -0.258. The van der Waals surface area contributed by atoms with Gasteiger partial charge in [-0.25, -0.2) is 0 Å². The number of primary amides is 1. The molecule has 1 amide bonds. The lowest BCUT2D eigenvalue weighted by Gasteiger charge is -1.80. The van der Waals surface area contributed by atoms with Crippen molar-refractivity contribution in [3.63, 3.8) is 0 Å². The Bertz CT molecular complexity index is 56.9. The summed E-state index contributed by atoms with van der Waals surface area (Å²) in [5.74, 6) is -0.258. The lowest BCUT2D eigenvalue weighted by Crippen LogP contribution is -2.09. The molecule has 4 heteroatoms. The molecule has 2 nitrogen and oxygen atoms in total. The molecule has 0 fully saturated rings. The van der Waals surface area contributed by atoms with E-state index >= 15 is 0 Å². The molecule has 0 aromatic heterocycles. The SMILES string of the molecule is Br.NC(=O)CCBr. The Morgan fingerprint density at radius 1 is 1.71 bits per heavy atom. The molecule has 0 saturated carbocycles. The first-order chi connectivity index (χ1) is 2.77. The van der Waals surface area contributed by atoms with Crippen LogP contribution in [0.1, 0.15) is 6.42 Å². The first-order valence-corrected chi connectivity index (χ1v) is 2.74. The van der Waals surface area contributed by atoms with E-state index in [1.165, 1.54) is 0 Å². The van der Waals surface area contributed by atoms with Crippen LogP contribution in [0.25, 0.3) is 0 Å². The molecule has 0 aromatic rings. The number of hydrogen-bond donors (Lipinski definition) is 1. The van der Waals surface area contributed by atoms with Crippen molar-refractivity contribution in [1.29, 1.82) is 0 Å². The zero-order valence-electron chi connectivity index (χ0n) is 3.69. The molecule has 0 aromatic carbocycles. The number of amides is 1. The molecule has 0 atom stereocenters. The van der Waals surface area contributed by atoms with E-state index < -0.39 is 0 Å². The Kier molecular flexibility index (Phi) is 9.57. The summed E-state index contributed by atoms with van der Waals surface area (Å²) in [6.07, 6.45) is 0.431. The van der Waals surface area contributed by atoms with E-state index in [0.717, 1.165) is 0 Å². The maximum absolute atomic E-state index is 9.79. The van der Waals surface area contributed by atoms with Gasteiger partial charge in [0.1, 0.15) is 0 Å². The maximum Gasteiger partial charge on any atom is 0.218 e. The summed E-state index contributed by atoms with van der Waals surface area (Å²) in [5, 5.41) is 0.669. The van der Waals surface area contributed by atoms with E-state index in [0.29, 0.717) is 11.8 Å². The average molecular weight is 233 g/mol. The average Bonchev–Trinajstić information content (AvgIpc) is 1.35. The summed E-state index contributed by atoms with van der Waals surface area (Å²) in [6, 6.07) is 0. The van der Waals surface area contributed by atoms with Gasteiger partial charge >= 0.3 is 0 Å². The zero-order chi connectivity index (χ0) is 4.99. The molecular formula is C3H7Br2NO. The third-order valence-corrected chi connectivity index (χ3v) is 0.737. The summed E-state index contributed by atoms with van der Waals surface area (Å²) in [6.45, 7) is 0. The monoisotopic (exact) mass is 231 g/mol. The predicted octanol–water partition coefficient (Wildman–Crippen LogP) is 0.835. The number of carbonyl (C=O) groups is 1. The van der Waals surface area contributed by atoms with Crippen molar-refractivity contribution in [2.24, 2.45) is 5.73 Å². The fraction of sp³-hybridized carbons (Fsp3) is 0.667. The van der Waals surface area contributed by atoms with Crippen LogP contribution in [-0.4, -0.2) is 11.2 Å². The first-order valence-electron chi connectivity index (χ1n) is 1.61. The second-order valence-corrected chi connectivity index (χ2v) is 1.70. The van der Waals surface area contributed by atoms with E-state index in [1.54, 1.807) is 0 Å². The molecule has 0 aliphatic rings. The first kappa shape index (κ1) is 10.4. The van der Waals surface area contributed by atoms with Crippen LogP contribution in [0, 0.1) is 0 Å². The maximum atomic E-state index is 9.79. The van der Waals surface area contributed by atoms with Gasteiger partial charge in [0.05, 0.1) is 0 Å². The van der Waals surface area contributed by atoms with Crippen LogP contribution in [-0.2, 0) is 4.79 Å². The molecule has 0 radical (unpaired) electrons. The van der Waals surface area contributed by atoms with Crippen LogP contribution in [0.5, 0.6) is 0 Å². The van der Waals surface area contributed by atoms with Crippen molar-refractivity contribution in [3.8, 4) is 0 Å². The molecule has 7 heavy (non-hydrogen) atoms. The minimum absolute atomic E-state index is 0. The summed E-state index contributed by atoms with van der Waals surface area (Å²) in [7, 11) is 0. The van der Waals surface area contributed by atoms with Crippen molar-refractivity contribution in [2.75, 3.05) is 5.33 Å². The van der Waals surface area contributed by atoms with Crippen LogP contribution < -0.4 is 5.73 Å². The van der Waals surface area contributed by atoms with Crippen molar-refractivity contribution in [3.05, 3.63) is 0 Å². The highest BCUT2D eigenvalue weighted by molar-refractivity contribution is 9.09. The van der Waals surface area contributed by atoms with Crippen LogP contribution in [0.4, 0.5) is 0 Å². The topological polar surface area (TPSA) is 43.1 Å². The molecule has 44 valence electrons. The van der Waals surface area contributed by atoms with Crippen molar-refractivity contribution in [1.82, 2.24) is 0 Å². The molecule has 0 bridgehead atoms. The number of halogens is 2. The van der Waals surface area contributed by atoms with Crippen molar-refractivity contribution in [2.45, 2.75) is 6.42 Å². The van der Waals surface area contributed by atoms with Gasteiger partial charge in [0, 0.05) is 11.8 Å². The number of rotatable bonds is 2. The van der Waals surface area contributed by atoms with Gasteiger partial charge in [-0.3, -0.25) is 4.79 Å².